The number of fused-ring (bicyclic) bond motifs is 1. The predicted molar refractivity (Wildman–Crippen MR) is 140 cm³/mol. The van der Waals surface area contributed by atoms with Gasteiger partial charge in [-0.1, -0.05) is 24.8 Å². The first kappa shape index (κ1) is 30.6. The van der Waals surface area contributed by atoms with Crippen LogP contribution >= 0.6 is 0 Å². The maximum atomic E-state index is 12.3. The first-order valence-corrected chi connectivity index (χ1v) is 13.2. The molecule has 3 aliphatic rings. The van der Waals surface area contributed by atoms with E-state index < -0.39 is 67.4 Å². The van der Waals surface area contributed by atoms with Crippen molar-refractivity contribution >= 4 is 18.2 Å². The van der Waals surface area contributed by atoms with Gasteiger partial charge in [0.1, 0.15) is 49.2 Å². The molecular weight excluding hydrogens is 540 g/mol. The van der Waals surface area contributed by atoms with Crippen LogP contribution in [0.3, 0.4) is 0 Å². The quantitative estimate of drug-likeness (QED) is 0.121. The van der Waals surface area contributed by atoms with Crippen molar-refractivity contribution in [1.82, 2.24) is 0 Å². The van der Waals surface area contributed by atoms with Gasteiger partial charge in [0.25, 0.3) is 0 Å². The standard InChI is InChI=1S/C29H34O12/c1-15-24-20(32)9-17(12-30)3-2-4-18(10-21(24)40-28(15)37)13-39-29-27(36)26(35)25(34)22(41-29)14-38-23(33)11-16-5-7-19(31)8-6-16/h3,5-8,10,12,20-22,24-27,29,31-32,34-36H,1-2,4,9,11,13-14H2/b17-3+,18-10+/t20?,21?,22-,24?,25-,26+,27-,29-/m1/s1. The molecule has 0 spiro atoms. The third-order valence-electron chi connectivity index (χ3n) is 7.34. The highest BCUT2D eigenvalue weighted by atomic mass is 16.7. The summed E-state index contributed by atoms with van der Waals surface area (Å²) in [6.45, 7) is 3.15. The number of hydrogen-bond acceptors (Lipinski definition) is 12. The van der Waals surface area contributed by atoms with Gasteiger partial charge in [-0.3, -0.25) is 9.59 Å². The van der Waals surface area contributed by atoms with Crippen LogP contribution in [0.15, 0.2) is 59.7 Å². The molecule has 12 nitrogen and oxygen atoms in total. The van der Waals surface area contributed by atoms with Crippen molar-refractivity contribution in [3.8, 4) is 5.75 Å². The van der Waals surface area contributed by atoms with Crippen LogP contribution < -0.4 is 0 Å². The molecule has 2 heterocycles. The van der Waals surface area contributed by atoms with Crippen LogP contribution in [0.4, 0.5) is 0 Å². The second-order valence-electron chi connectivity index (χ2n) is 10.3. The van der Waals surface area contributed by atoms with Gasteiger partial charge in [-0.15, -0.1) is 0 Å². The monoisotopic (exact) mass is 574 g/mol. The van der Waals surface area contributed by atoms with E-state index >= 15 is 0 Å². The lowest BCUT2D eigenvalue weighted by Crippen LogP contribution is -2.59. The number of phenolic OH excluding ortho intramolecular Hbond substituents is 1. The largest absolute Gasteiger partial charge is 0.508 e. The molecule has 0 saturated carbocycles. The smallest absolute Gasteiger partial charge is 0.334 e. The molecule has 2 saturated heterocycles. The summed E-state index contributed by atoms with van der Waals surface area (Å²) in [6, 6.07) is 5.97. The molecule has 222 valence electrons. The molecular formula is C29H34O12. The number of benzene rings is 1. The van der Waals surface area contributed by atoms with Crippen molar-refractivity contribution in [3.05, 3.63) is 65.3 Å². The van der Waals surface area contributed by atoms with Crippen LogP contribution in [0.5, 0.6) is 5.75 Å². The molecule has 2 fully saturated rings. The summed E-state index contributed by atoms with van der Waals surface area (Å²) < 4.78 is 22.0. The van der Waals surface area contributed by atoms with Crippen LogP contribution in [0, 0.1) is 5.92 Å². The Labute approximate surface area is 236 Å². The van der Waals surface area contributed by atoms with E-state index in [1.54, 1.807) is 24.3 Å². The summed E-state index contributed by atoms with van der Waals surface area (Å²) in [5.74, 6) is -2.01. The molecule has 0 bridgehead atoms. The molecule has 0 aromatic heterocycles. The third-order valence-corrected chi connectivity index (χ3v) is 7.34. The van der Waals surface area contributed by atoms with Crippen LogP contribution in [0.25, 0.3) is 0 Å². The minimum atomic E-state index is -1.66. The minimum absolute atomic E-state index is 0.0449. The van der Waals surface area contributed by atoms with Crippen LogP contribution in [0.2, 0.25) is 0 Å². The lowest BCUT2D eigenvalue weighted by Gasteiger charge is -2.40. The van der Waals surface area contributed by atoms with Gasteiger partial charge >= 0.3 is 11.9 Å². The Bertz CT molecular complexity index is 1190. The number of aliphatic hydroxyl groups is 4. The molecule has 0 radical (unpaired) electrons. The second-order valence-corrected chi connectivity index (χ2v) is 10.3. The van der Waals surface area contributed by atoms with Gasteiger partial charge < -0.3 is 44.5 Å². The van der Waals surface area contributed by atoms with Gasteiger partial charge in [-0.05, 0) is 47.8 Å². The maximum absolute atomic E-state index is 12.3. The van der Waals surface area contributed by atoms with Gasteiger partial charge in [0, 0.05) is 12.0 Å². The molecule has 5 N–H and O–H groups in total. The summed E-state index contributed by atoms with van der Waals surface area (Å²) in [6.07, 6.45) is -4.71. The normalized spacial score (nSPS) is 34.8. The van der Waals surface area contributed by atoms with Crippen molar-refractivity contribution in [2.45, 2.75) is 68.6 Å². The Morgan fingerprint density at radius 2 is 1.83 bits per heavy atom. The zero-order chi connectivity index (χ0) is 29.7. The number of aromatic hydroxyl groups is 1. The maximum Gasteiger partial charge on any atom is 0.334 e. The lowest BCUT2D eigenvalue weighted by molar-refractivity contribution is -0.299. The van der Waals surface area contributed by atoms with Gasteiger partial charge in [-0.2, -0.15) is 0 Å². The topological polar surface area (TPSA) is 189 Å². The molecule has 1 aliphatic carbocycles. The lowest BCUT2D eigenvalue weighted by atomic mass is 9.85. The third kappa shape index (κ3) is 7.47. The zero-order valence-corrected chi connectivity index (χ0v) is 22.2. The van der Waals surface area contributed by atoms with E-state index in [4.69, 9.17) is 18.9 Å². The second kappa shape index (κ2) is 13.5. The molecule has 41 heavy (non-hydrogen) atoms. The first-order chi connectivity index (χ1) is 19.6. The number of ether oxygens (including phenoxy) is 4. The highest BCUT2D eigenvalue weighted by Crippen LogP contribution is 2.35. The highest BCUT2D eigenvalue weighted by molar-refractivity contribution is 5.91. The Hall–Kier alpha value is -3.39. The van der Waals surface area contributed by atoms with E-state index in [0.717, 1.165) is 0 Å². The number of aliphatic hydroxyl groups excluding tert-OH is 4. The average molecular weight is 575 g/mol. The van der Waals surface area contributed by atoms with Crippen LogP contribution in [0.1, 0.15) is 24.8 Å². The fourth-order valence-electron chi connectivity index (χ4n) is 5.01. The minimum Gasteiger partial charge on any atom is -0.508 e. The van der Waals surface area contributed by atoms with E-state index in [2.05, 4.69) is 6.58 Å². The molecule has 0 amide bonds. The van der Waals surface area contributed by atoms with E-state index in [1.165, 1.54) is 12.1 Å². The fourth-order valence-corrected chi connectivity index (χ4v) is 5.01. The number of carbonyl (C=O) groups is 3. The fraction of sp³-hybridized carbons (Fsp3) is 0.483. The molecule has 3 unspecified atom stereocenters. The Morgan fingerprint density at radius 3 is 2.54 bits per heavy atom. The Balaban J connectivity index is 1.40. The van der Waals surface area contributed by atoms with Crippen LogP contribution in [-0.2, 0) is 39.8 Å². The van der Waals surface area contributed by atoms with Crippen molar-refractivity contribution in [1.29, 1.82) is 0 Å². The number of allylic oxidation sites excluding steroid dienone is 1. The van der Waals surface area contributed by atoms with E-state index in [1.807, 2.05) is 0 Å². The van der Waals surface area contributed by atoms with Gasteiger partial charge in [-0.25, -0.2) is 4.79 Å². The molecule has 1 aromatic rings. The molecule has 2 aliphatic heterocycles. The van der Waals surface area contributed by atoms with E-state index in [9.17, 15) is 39.9 Å². The number of carbonyl (C=O) groups excluding carboxylic acids is 3. The summed E-state index contributed by atoms with van der Waals surface area (Å²) >= 11 is 0. The number of phenols is 1. The van der Waals surface area contributed by atoms with E-state index in [-0.39, 0.29) is 30.8 Å². The van der Waals surface area contributed by atoms with Gasteiger partial charge in [0.15, 0.2) is 6.29 Å². The van der Waals surface area contributed by atoms with Crippen molar-refractivity contribution in [2.24, 2.45) is 5.92 Å². The van der Waals surface area contributed by atoms with Crippen molar-refractivity contribution in [3.63, 3.8) is 0 Å². The molecule has 1 aromatic carbocycles. The van der Waals surface area contributed by atoms with Gasteiger partial charge in [0.2, 0.25) is 0 Å². The summed E-state index contributed by atoms with van der Waals surface area (Å²) in [4.78, 5) is 35.9. The Morgan fingerprint density at radius 1 is 1.10 bits per heavy atom. The first-order valence-electron chi connectivity index (χ1n) is 13.2. The Kier molecular flexibility index (Phi) is 10.1. The average Bonchev–Trinajstić information content (AvgIpc) is 3.23. The number of hydrogen-bond donors (Lipinski definition) is 5. The van der Waals surface area contributed by atoms with Crippen molar-refractivity contribution in [2.75, 3.05) is 13.2 Å². The molecule has 8 atom stereocenters. The van der Waals surface area contributed by atoms with Crippen molar-refractivity contribution < 1.29 is 58.9 Å². The number of rotatable bonds is 8. The number of aldehydes is 1. The van der Waals surface area contributed by atoms with Crippen LogP contribution in [-0.4, -0.2) is 99.9 Å². The summed E-state index contributed by atoms with van der Waals surface area (Å²) in [7, 11) is 0. The molecule has 12 heteroatoms. The highest BCUT2D eigenvalue weighted by Gasteiger charge is 2.45. The SMILES string of the molecule is C=C1C(=O)OC2/C=C(/CO[C@@H]3O[C@H](COC(=O)Cc4ccc(O)cc4)[C@@H](O)[C@H](O)[C@H]3O)CC/C=C(/C=O)CC(O)C12. The predicted octanol–water partition coefficient (Wildman–Crippen LogP) is -0.00360. The zero-order valence-electron chi connectivity index (χ0n) is 22.2. The summed E-state index contributed by atoms with van der Waals surface area (Å²) in [5, 5.41) is 51.3. The van der Waals surface area contributed by atoms with E-state index in [0.29, 0.717) is 35.8 Å². The number of esters is 2. The summed E-state index contributed by atoms with van der Waals surface area (Å²) in [5.41, 5.74) is 1.66. The van der Waals surface area contributed by atoms with Gasteiger partial charge in [0.05, 0.1) is 25.0 Å². The molecule has 4 rings (SSSR count).